The molecule has 0 heterocycles. The zero-order chi connectivity index (χ0) is 14.4. The summed E-state index contributed by atoms with van der Waals surface area (Å²) in [5.74, 6) is 1.64. The van der Waals surface area contributed by atoms with E-state index in [1.165, 1.54) is 0 Å². The van der Waals surface area contributed by atoms with Crippen molar-refractivity contribution >= 4 is 11.8 Å². The summed E-state index contributed by atoms with van der Waals surface area (Å²) < 4.78 is 11.5. The Kier molecular flexibility index (Phi) is 5.32. The maximum atomic E-state index is 6.09. The lowest BCUT2D eigenvalue weighted by Gasteiger charge is -2.21. The van der Waals surface area contributed by atoms with E-state index in [1.54, 1.807) is 18.9 Å². The Hall–Kier alpha value is -1.65. The van der Waals surface area contributed by atoms with Gasteiger partial charge in [-0.25, -0.2) is 0 Å². The van der Waals surface area contributed by atoms with Gasteiger partial charge in [0.2, 0.25) is 0 Å². The number of nitrogens with two attached hydrogens (primary N) is 1. The fraction of sp³-hybridized carbons (Fsp3) is 0.250. The van der Waals surface area contributed by atoms with Crippen LogP contribution in [0.4, 0.5) is 0 Å². The van der Waals surface area contributed by atoms with Gasteiger partial charge in [0.15, 0.2) is 0 Å². The first-order valence-electron chi connectivity index (χ1n) is 6.42. The van der Waals surface area contributed by atoms with Crippen LogP contribution < -0.4 is 15.2 Å². The topological polar surface area (TPSA) is 44.5 Å². The molecule has 0 bridgehead atoms. The highest BCUT2D eigenvalue weighted by molar-refractivity contribution is 7.98. The van der Waals surface area contributed by atoms with E-state index in [4.69, 9.17) is 15.2 Å². The molecule has 3 nitrogen and oxygen atoms in total. The van der Waals surface area contributed by atoms with E-state index in [0.29, 0.717) is 6.54 Å². The molecule has 0 spiro atoms. The van der Waals surface area contributed by atoms with Crippen molar-refractivity contribution in [2.24, 2.45) is 5.73 Å². The minimum Gasteiger partial charge on any atom is -0.496 e. The Morgan fingerprint density at radius 3 is 2.35 bits per heavy atom. The zero-order valence-corrected chi connectivity index (χ0v) is 12.5. The summed E-state index contributed by atoms with van der Waals surface area (Å²) in [6.45, 7) is 0.392. The minimum atomic E-state index is -0.223. The van der Waals surface area contributed by atoms with E-state index >= 15 is 0 Å². The van der Waals surface area contributed by atoms with Crippen molar-refractivity contribution in [2.45, 2.75) is 11.0 Å². The van der Waals surface area contributed by atoms with Crippen molar-refractivity contribution in [3.8, 4) is 11.5 Å². The van der Waals surface area contributed by atoms with Crippen molar-refractivity contribution in [1.29, 1.82) is 0 Å². The Labute approximate surface area is 124 Å². The number of hydrogen-bond donors (Lipinski definition) is 1. The largest absolute Gasteiger partial charge is 0.496 e. The van der Waals surface area contributed by atoms with Gasteiger partial charge in [0.25, 0.3) is 0 Å². The van der Waals surface area contributed by atoms with Gasteiger partial charge in [-0.05, 0) is 24.5 Å². The predicted molar refractivity (Wildman–Crippen MR) is 83.6 cm³/mol. The summed E-state index contributed by atoms with van der Waals surface area (Å²) in [6.07, 6.45) is 1.81. The molecule has 0 radical (unpaired) electrons. The second-order valence-electron chi connectivity index (χ2n) is 4.24. The monoisotopic (exact) mass is 289 g/mol. The lowest BCUT2D eigenvalue weighted by Crippen LogP contribution is -2.19. The van der Waals surface area contributed by atoms with Gasteiger partial charge in [-0.15, -0.1) is 11.8 Å². The fourth-order valence-corrected chi connectivity index (χ4v) is 2.57. The molecule has 0 aromatic heterocycles. The van der Waals surface area contributed by atoms with Crippen LogP contribution in [0.25, 0.3) is 0 Å². The molecule has 0 aliphatic rings. The summed E-state index contributed by atoms with van der Waals surface area (Å²) in [5, 5.41) is 0. The van der Waals surface area contributed by atoms with E-state index in [2.05, 4.69) is 0 Å². The molecule has 1 unspecified atom stereocenters. The summed E-state index contributed by atoms with van der Waals surface area (Å²) in [6, 6.07) is 15.8. The van der Waals surface area contributed by atoms with Crippen molar-refractivity contribution < 1.29 is 9.47 Å². The maximum absolute atomic E-state index is 6.09. The molecule has 0 amide bonds. The van der Waals surface area contributed by atoms with E-state index in [1.807, 2.05) is 54.8 Å². The molecule has 0 fully saturated rings. The van der Waals surface area contributed by atoms with Crippen LogP contribution in [0.2, 0.25) is 0 Å². The van der Waals surface area contributed by atoms with E-state index in [9.17, 15) is 0 Å². The Balaban J connectivity index is 2.29. The molecule has 2 aromatic carbocycles. The Morgan fingerprint density at radius 2 is 1.70 bits per heavy atom. The van der Waals surface area contributed by atoms with Crippen molar-refractivity contribution in [3.63, 3.8) is 0 Å². The quantitative estimate of drug-likeness (QED) is 0.827. The van der Waals surface area contributed by atoms with Crippen molar-refractivity contribution in [2.75, 3.05) is 19.9 Å². The van der Waals surface area contributed by atoms with E-state index < -0.39 is 0 Å². The van der Waals surface area contributed by atoms with Gasteiger partial charge in [-0.3, -0.25) is 0 Å². The normalized spacial score (nSPS) is 11.9. The van der Waals surface area contributed by atoms with Crippen LogP contribution in [0.5, 0.6) is 11.5 Å². The van der Waals surface area contributed by atoms with Gasteiger partial charge in [-0.1, -0.05) is 30.3 Å². The second-order valence-corrected chi connectivity index (χ2v) is 5.08. The standard InChI is InChI=1S/C16H19NO2S/c1-18-13-8-4-3-7-12(13)15(11-17)19-14-9-5-6-10-16(14)20-2/h3-10,15H,11,17H2,1-2H3. The summed E-state index contributed by atoms with van der Waals surface area (Å²) >= 11 is 1.66. The van der Waals surface area contributed by atoms with Gasteiger partial charge in [-0.2, -0.15) is 0 Å². The third kappa shape index (κ3) is 3.26. The third-order valence-corrected chi connectivity index (χ3v) is 3.82. The maximum Gasteiger partial charge on any atom is 0.139 e. The van der Waals surface area contributed by atoms with Crippen LogP contribution in [0, 0.1) is 0 Å². The Morgan fingerprint density at radius 1 is 1.05 bits per heavy atom. The molecule has 2 rings (SSSR count). The first-order chi connectivity index (χ1) is 9.80. The summed E-state index contributed by atoms with van der Waals surface area (Å²) in [5.41, 5.74) is 6.85. The molecule has 4 heteroatoms. The van der Waals surface area contributed by atoms with Crippen LogP contribution >= 0.6 is 11.8 Å². The first kappa shape index (κ1) is 14.8. The highest BCUT2D eigenvalue weighted by Gasteiger charge is 2.17. The lowest BCUT2D eigenvalue weighted by atomic mass is 10.1. The number of methoxy groups -OCH3 is 1. The van der Waals surface area contributed by atoms with Gasteiger partial charge < -0.3 is 15.2 Å². The fourth-order valence-electron chi connectivity index (χ4n) is 2.04. The minimum absolute atomic E-state index is 0.223. The SMILES string of the molecule is COc1ccccc1C(CN)Oc1ccccc1SC. The number of rotatable bonds is 6. The molecule has 0 aliphatic carbocycles. The van der Waals surface area contributed by atoms with Gasteiger partial charge in [0.05, 0.1) is 7.11 Å². The number of benzene rings is 2. The van der Waals surface area contributed by atoms with Crippen molar-refractivity contribution in [3.05, 3.63) is 54.1 Å². The average Bonchev–Trinajstić information content (AvgIpc) is 2.53. The molecule has 0 saturated heterocycles. The number of ether oxygens (including phenoxy) is 2. The lowest BCUT2D eigenvalue weighted by molar-refractivity contribution is 0.204. The molecule has 20 heavy (non-hydrogen) atoms. The van der Waals surface area contributed by atoms with Crippen LogP contribution in [0.1, 0.15) is 11.7 Å². The van der Waals surface area contributed by atoms with Crippen LogP contribution in [0.15, 0.2) is 53.4 Å². The van der Waals surface area contributed by atoms with Crippen LogP contribution in [-0.4, -0.2) is 19.9 Å². The smallest absolute Gasteiger partial charge is 0.139 e. The van der Waals surface area contributed by atoms with Gasteiger partial charge in [0.1, 0.15) is 17.6 Å². The first-order valence-corrected chi connectivity index (χ1v) is 7.65. The molecular formula is C16H19NO2S. The van der Waals surface area contributed by atoms with E-state index in [-0.39, 0.29) is 6.10 Å². The molecule has 0 aliphatic heterocycles. The number of hydrogen-bond acceptors (Lipinski definition) is 4. The molecule has 1 atom stereocenters. The van der Waals surface area contributed by atoms with E-state index in [0.717, 1.165) is 22.0 Å². The molecule has 106 valence electrons. The Bertz CT molecular complexity index is 560. The number of thioether (sulfide) groups is 1. The van der Waals surface area contributed by atoms with Gasteiger partial charge >= 0.3 is 0 Å². The van der Waals surface area contributed by atoms with Crippen LogP contribution in [-0.2, 0) is 0 Å². The van der Waals surface area contributed by atoms with Crippen molar-refractivity contribution in [1.82, 2.24) is 0 Å². The predicted octanol–water partition coefficient (Wildman–Crippen LogP) is 3.50. The third-order valence-electron chi connectivity index (χ3n) is 3.04. The molecular weight excluding hydrogens is 270 g/mol. The molecule has 2 N–H and O–H groups in total. The van der Waals surface area contributed by atoms with Crippen LogP contribution in [0.3, 0.4) is 0 Å². The summed E-state index contributed by atoms with van der Waals surface area (Å²) in [7, 11) is 1.66. The molecule has 2 aromatic rings. The highest BCUT2D eigenvalue weighted by Crippen LogP contribution is 2.33. The zero-order valence-electron chi connectivity index (χ0n) is 11.7. The van der Waals surface area contributed by atoms with Gasteiger partial charge in [0, 0.05) is 17.0 Å². The second kappa shape index (κ2) is 7.22. The average molecular weight is 289 g/mol. The number of para-hydroxylation sites is 2. The molecule has 0 saturated carbocycles. The highest BCUT2D eigenvalue weighted by atomic mass is 32.2. The summed E-state index contributed by atoms with van der Waals surface area (Å²) in [4.78, 5) is 1.10.